The highest BCUT2D eigenvalue weighted by molar-refractivity contribution is 6.30. The fourth-order valence-corrected chi connectivity index (χ4v) is 3.28. The first-order valence-electron chi connectivity index (χ1n) is 8.78. The number of rotatable bonds is 5. The van der Waals surface area contributed by atoms with E-state index in [1.165, 1.54) is 17.0 Å². The second-order valence-electron chi connectivity index (χ2n) is 6.86. The van der Waals surface area contributed by atoms with E-state index in [-0.39, 0.29) is 31.2 Å². The molecule has 0 unspecified atom stereocenters. The standard InChI is InChI=1S/C20H22ClFN2O3/c21-16-5-3-15(4-6-16)19(26)24-10-9-20(27,18(25)12-24)13-23-11-14-1-7-17(22)8-2-14/h1-8,18,23,25,27H,9-13H2/t18-,20-/m0/s1. The number of nitrogens with one attached hydrogen (secondary N) is 1. The van der Waals surface area contributed by atoms with Crippen molar-refractivity contribution in [2.45, 2.75) is 24.7 Å². The number of carbonyl (C=O) groups excluding carboxylic acids is 1. The topological polar surface area (TPSA) is 72.8 Å². The van der Waals surface area contributed by atoms with E-state index in [0.29, 0.717) is 23.7 Å². The molecule has 1 aliphatic heterocycles. The number of benzene rings is 2. The molecule has 1 aliphatic rings. The van der Waals surface area contributed by atoms with Gasteiger partial charge in [-0.15, -0.1) is 0 Å². The van der Waals surface area contributed by atoms with E-state index < -0.39 is 11.7 Å². The van der Waals surface area contributed by atoms with Gasteiger partial charge >= 0.3 is 0 Å². The highest BCUT2D eigenvalue weighted by Gasteiger charge is 2.41. The number of nitrogens with zero attached hydrogens (tertiary/aromatic N) is 1. The van der Waals surface area contributed by atoms with Crippen molar-refractivity contribution in [3.8, 4) is 0 Å². The van der Waals surface area contributed by atoms with Gasteiger partial charge in [0, 0.05) is 36.8 Å². The zero-order valence-electron chi connectivity index (χ0n) is 14.7. The normalized spacial score (nSPS) is 22.7. The van der Waals surface area contributed by atoms with Crippen LogP contribution >= 0.6 is 11.6 Å². The van der Waals surface area contributed by atoms with Gasteiger partial charge < -0.3 is 20.4 Å². The van der Waals surface area contributed by atoms with Crippen LogP contribution in [0.4, 0.5) is 4.39 Å². The van der Waals surface area contributed by atoms with Crippen molar-refractivity contribution < 1.29 is 19.4 Å². The predicted octanol–water partition coefficient (Wildman–Crippen LogP) is 2.21. The smallest absolute Gasteiger partial charge is 0.253 e. The average Bonchev–Trinajstić information content (AvgIpc) is 2.66. The van der Waals surface area contributed by atoms with Crippen molar-refractivity contribution >= 4 is 17.5 Å². The van der Waals surface area contributed by atoms with Gasteiger partial charge in [-0.3, -0.25) is 4.79 Å². The van der Waals surface area contributed by atoms with Gasteiger partial charge in [0.15, 0.2) is 0 Å². The zero-order chi connectivity index (χ0) is 19.4. The summed E-state index contributed by atoms with van der Waals surface area (Å²) in [5.41, 5.74) is 0.0490. The van der Waals surface area contributed by atoms with E-state index >= 15 is 0 Å². The Labute approximate surface area is 162 Å². The molecule has 5 nitrogen and oxygen atoms in total. The maximum atomic E-state index is 12.9. The summed E-state index contributed by atoms with van der Waals surface area (Å²) < 4.78 is 12.9. The minimum Gasteiger partial charge on any atom is -0.388 e. The zero-order valence-corrected chi connectivity index (χ0v) is 15.5. The molecule has 7 heteroatoms. The van der Waals surface area contributed by atoms with E-state index in [2.05, 4.69) is 5.32 Å². The Kier molecular flexibility index (Phi) is 6.11. The molecule has 0 radical (unpaired) electrons. The molecular formula is C20H22ClFN2O3. The third-order valence-electron chi connectivity index (χ3n) is 4.88. The van der Waals surface area contributed by atoms with Crippen LogP contribution in [-0.4, -0.2) is 52.4 Å². The Balaban J connectivity index is 1.54. The molecule has 1 fully saturated rings. The number of halogens is 2. The Morgan fingerprint density at radius 3 is 2.52 bits per heavy atom. The van der Waals surface area contributed by atoms with E-state index in [4.69, 9.17) is 11.6 Å². The average molecular weight is 393 g/mol. The van der Waals surface area contributed by atoms with Crippen LogP contribution in [0.2, 0.25) is 5.02 Å². The maximum absolute atomic E-state index is 12.9. The van der Waals surface area contributed by atoms with Crippen molar-refractivity contribution in [2.24, 2.45) is 0 Å². The summed E-state index contributed by atoms with van der Waals surface area (Å²) >= 11 is 5.84. The summed E-state index contributed by atoms with van der Waals surface area (Å²) in [5, 5.41) is 24.8. The number of likely N-dealkylation sites (tertiary alicyclic amines) is 1. The van der Waals surface area contributed by atoms with Gasteiger partial charge in [0.05, 0.1) is 0 Å². The van der Waals surface area contributed by atoms with E-state index in [1.807, 2.05) is 0 Å². The Bertz CT molecular complexity index is 785. The van der Waals surface area contributed by atoms with Crippen molar-refractivity contribution in [1.29, 1.82) is 0 Å². The quantitative estimate of drug-likeness (QED) is 0.729. The third kappa shape index (κ3) is 4.84. The van der Waals surface area contributed by atoms with Crippen LogP contribution in [-0.2, 0) is 6.54 Å². The Hall–Kier alpha value is -1.99. The lowest BCUT2D eigenvalue weighted by Gasteiger charge is -2.42. The highest BCUT2D eigenvalue weighted by Crippen LogP contribution is 2.24. The Morgan fingerprint density at radius 1 is 1.22 bits per heavy atom. The van der Waals surface area contributed by atoms with Gasteiger partial charge in [-0.2, -0.15) is 0 Å². The molecule has 2 aromatic rings. The van der Waals surface area contributed by atoms with Crippen molar-refractivity contribution in [2.75, 3.05) is 19.6 Å². The van der Waals surface area contributed by atoms with Gasteiger partial charge in [-0.25, -0.2) is 4.39 Å². The SMILES string of the molecule is O=C(c1ccc(Cl)cc1)N1CC[C@](O)(CNCc2ccc(F)cc2)[C@@H](O)C1. The first-order chi connectivity index (χ1) is 12.9. The predicted molar refractivity (Wildman–Crippen MR) is 101 cm³/mol. The van der Waals surface area contributed by atoms with E-state index in [9.17, 15) is 19.4 Å². The number of carbonyl (C=O) groups is 1. The van der Waals surface area contributed by atoms with Crippen LogP contribution in [0.5, 0.6) is 0 Å². The minimum absolute atomic E-state index is 0.0518. The lowest BCUT2D eigenvalue weighted by molar-refractivity contribution is -0.110. The van der Waals surface area contributed by atoms with Crippen LogP contribution in [0.1, 0.15) is 22.3 Å². The monoisotopic (exact) mass is 392 g/mol. The summed E-state index contributed by atoms with van der Waals surface area (Å²) in [5.74, 6) is -0.502. The van der Waals surface area contributed by atoms with Crippen molar-refractivity contribution in [3.05, 3.63) is 70.5 Å². The summed E-state index contributed by atoms with van der Waals surface area (Å²) in [6.07, 6.45) is -0.813. The maximum Gasteiger partial charge on any atom is 0.253 e. The molecule has 2 aromatic carbocycles. The first kappa shape index (κ1) is 19.8. The number of aliphatic hydroxyl groups is 2. The molecule has 1 amide bonds. The first-order valence-corrected chi connectivity index (χ1v) is 9.16. The van der Waals surface area contributed by atoms with Crippen molar-refractivity contribution in [3.63, 3.8) is 0 Å². The van der Waals surface area contributed by atoms with Crippen LogP contribution in [0, 0.1) is 5.82 Å². The van der Waals surface area contributed by atoms with Gasteiger partial charge in [-0.1, -0.05) is 23.7 Å². The molecule has 0 aliphatic carbocycles. The van der Waals surface area contributed by atoms with Crippen LogP contribution < -0.4 is 5.32 Å². The third-order valence-corrected chi connectivity index (χ3v) is 5.13. The number of amides is 1. The molecule has 0 aromatic heterocycles. The van der Waals surface area contributed by atoms with Crippen molar-refractivity contribution in [1.82, 2.24) is 10.2 Å². The fourth-order valence-electron chi connectivity index (χ4n) is 3.16. The minimum atomic E-state index is -1.32. The molecule has 0 saturated carbocycles. The van der Waals surface area contributed by atoms with Crippen LogP contribution in [0.25, 0.3) is 0 Å². The summed E-state index contributed by atoms with van der Waals surface area (Å²) in [7, 11) is 0. The lowest BCUT2D eigenvalue weighted by Crippen LogP contribution is -2.60. The number of aliphatic hydroxyl groups excluding tert-OH is 1. The van der Waals surface area contributed by atoms with E-state index in [0.717, 1.165) is 5.56 Å². The molecule has 1 saturated heterocycles. The number of hydrogen-bond acceptors (Lipinski definition) is 4. The molecule has 2 atom stereocenters. The molecule has 3 rings (SSSR count). The van der Waals surface area contributed by atoms with Gasteiger partial charge in [0.25, 0.3) is 5.91 Å². The summed E-state index contributed by atoms with van der Waals surface area (Å²) in [6.45, 7) is 1.01. The molecule has 27 heavy (non-hydrogen) atoms. The lowest BCUT2D eigenvalue weighted by atomic mass is 9.88. The number of β-amino-alcohol motifs (C(OH)–C–C–N with tert-alkyl or cyclic N) is 1. The Morgan fingerprint density at radius 2 is 1.89 bits per heavy atom. The second kappa shape index (κ2) is 8.35. The molecule has 0 bridgehead atoms. The van der Waals surface area contributed by atoms with Gasteiger partial charge in [0.1, 0.15) is 17.5 Å². The van der Waals surface area contributed by atoms with Gasteiger partial charge in [0.2, 0.25) is 0 Å². The molecule has 1 heterocycles. The molecular weight excluding hydrogens is 371 g/mol. The summed E-state index contributed by atoms with van der Waals surface area (Å²) in [6, 6.07) is 12.6. The second-order valence-corrected chi connectivity index (χ2v) is 7.29. The fraction of sp³-hybridized carbons (Fsp3) is 0.350. The number of piperidine rings is 1. The van der Waals surface area contributed by atoms with Gasteiger partial charge in [-0.05, 0) is 48.4 Å². The molecule has 144 valence electrons. The summed E-state index contributed by atoms with van der Waals surface area (Å²) in [4.78, 5) is 14.1. The van der Waals surface area contributed by atoms with E-state index in [1.54, 1.807) is 36.4 Å². The molecule has 0 spiro atoms. The largest absolute Gasteiger partial charge is 0.388 e. The molecule has 3 N–H and O–H groups in total. The highest BCUT2D eigenvalue weighted by atomic mass is 35.5. The number of hydrogen-bond donors (Lipinski definition) is 3. The van der Waals surface area contributed by atoms with Crippen LogP contribution in [0.15, 0.2) is 48.5 Å². The van der Waals surface area contributed by atoms with Crippen LogP contribution in [0.3, 0.4) is 0 Å².